The van der Waals surface area contributed by atoms with Crippen LogP contribution in [0.1, 0.15) is 24.0 Å². The first-order valence-electron chi connectivity index (χ1n) is 7.90. The van der Waals surface area contributed by atoms with E-state index in [2.05, 4.69) is 5.32 Å². The molecule has 0 aromatic heterocycles. The molecule has 2 rings (SSSR count). The number of rotatable bonds is 5. The van der Waals surface area contributed by atoms with Gasteiger partial charge < -0.3 is 15.0 Å². The van der Waals surface area contributed by atoms with E-state index < -0.39 is 0 Å². The van der Waals surface area contributed by atoms with Crippen molar-refractivity contribution in [2.75, 3.05) is 33.8 Å². The first kappa shape index (κ1) is 16.6. The van der Waals surface area contributed by atoms with Gasteiger partial charge in [-0.15, -0.1) is 0 Å². The van der Waals surface area contributed by atoms with Gasteiger partial charge in [0.05, 0.1) is 7.11 Å². The number of hydrogen-bond donors (Lipinski definition) is 1. The van der Waals surface area contributed by atoms with Crippen LogP contribution in [0.5, 0.6) is 5.75 Å². The van der Waals surface area contributed by atoms with E-state index in [1.165, 1.54) is 0 Å². The standard InChI is InChI=1S/C18H26N2O2/c1-14-4-6-17(22-3)16(12-14)5-7-18(21)20-10-8-15(9-11-20)13-19-2/h4-7,12,15,19H,8-11,13H2,1-3H3. The summed E-state index contributed by atoms with van der Waals surface area (Å²) in [5, 5.41) is 3.21. The van der Waals surface area contributed by atoms with Gasteiger partial charge in [0.2, 0.25) is 5.91 Å². The van der Waals surface area contributed by atoms with Crippen LogP contribution in [-0.4, -0.2) is 44.6 Å². The fraction of sp³-hybridized carbons (Fsp3) is 0.500. The van der Waals surface area contributed by atoms with Crippen LogP contribution in [0.4, 0.5) is 0 Å². The van der Waals surface area contributed by atoms with Gasteiger partial charge in [0.15, 0.2) is 0 Å². The third kappa shape index (κ3) is 4.34. The maximum atomic E-state index is 12.3. The average molecular weight is 302 g/mol. The molecule has 120 valence electrons. The largest absolute Gasteiger partial charge is 0.496 e. The van der Waals surface area contributed by atoms with Gasteiger partial charge in [-0.1, -0.05) is 11.6 Å². The molecule has 0 radical (unpaired) electrons. The van der Waals surface area contributed by atoms with Gasteiger partial charge in [-0.3, -0.25) is 4.79 Å². The zero-order valence-electron chi connectivity index (χ0n) is 13.8. The van der Waals surface area contributed by atoms with Crippen LogP contribution in [0, 0.1) is 12.8 Å². The van der Waals surface area contributed by atoms with E-state index in [9.17, 15) is 4.79 Å². The summed E-state index contributed by atoms with van der Waals surface area (Å²) in [5.74, 6) is 1.57. The van der Waals surface area contributed by atoms with Crippen molar-refractivity contribution in [3.05, 3.63) is 35.4 Å². The van der Waals surface area contributed by atoms with Crippen molar-refractivity contribution in [1.29, 1.82) is 0 Å². The molecule has 0 saturated carbocycles. The van der Waals surface area contributed by atoms with Gasteiger partial charge in [-0.05, 0) is 57.5 Å². The Labute approximate surface area is 133 Å². The fourth-order valence-electron chi connectivity index (χ4n) is 2.90. The molecule has 1 amide bonds. The predicted octanol–water partition coefficient (Wildman–Crippen LogP) is 2.47. The van der Waals surface area contributed by atoms with E-state index in [0.717, 1.165) is 49.4 Å². The van der Waals surface area contributed by atoms with Gasteiger partial charge in [-0.2, -0.15) is 0 Å². The summed E-state index contributed by atoms with van der Waals surface area (Å²) >= 11 is 0. The van der Waals surface area contributed by atoms with E-state index in [1.807, 2.05) is 43.1 Å². The predicted molar refractivity (Wildman–Crippen MR) is 90.0 cm³/mol. The highest BCUT2D eigenvalue weighted by molar-refractivity contribution is 5.92. The molecule has 1 aromatic rings. The number of nitrogens with zero attached hydrogens (tertiary/aromatic N) is 1. The van der Waals surface area contributed by atoms with Crippen LogP contribution < -0.4 is 10.1 Å². The lowest BCUT2D eigenvalue weighted by Crippen LogP contribution is -2.39. The van der Waals surface area contributed by atoms with Gasteiger partial charge in [0, 0.05) is 24.7 Å². The van der Waals surface area contributed by atoms with Crippen molar-refractivity contribution in [2.24, 2.45) is 5.92 Å². The molecule has 1 saturated heterocycles. The summed E-state index contributed by atoms with van der Waals surface area (Å²) < 4.78 is 5.34. The topological polar surface area (TPSA) is 41.6 Å². The molecule has 0 atom stereocenters. The number of carbonyl (C=O) groups is 1. The number of likely N-dealkylation sites (tertiary alicyclic amines) is 1. The molecular weight excluding hydrogens is 276 g/mol. The summed E-state index contributed by atoms with van der Waals surface area (Å²) in [5.41, 5.74) is 2.10. The minimum absolute atomic E-state index is 0.0893. The quantitative estimate of drug-likeness (QED) is 0.850. The number of amides is 1. The number of aryl methyl sites for hydroxylation is 1. The van der Waals surface area contributed by atoms with Crippen molar-refractivity contribution < 1.29 is 9.53 Å². The van der Waals surface area contributed by atoms with Crippen LogP contribution >= 0.6 is 0 Å². The maximum Gasteiger partial charge on any atom is 0.246 e. The summed E-state index contributed by atoms with van der Waals surface area (Å²) in [4.78, 5) is 14.2. The Morgan fingerprint density at radius 3 is 2.77 bits per heavy atom. The number of carbonyl (C=O) groups excluding carboxylic acids is 1. The Hall–Kier alpha value is -1.81. The molecule has 1 fully saturated rings. The summed E-state index contributed by atoms with van der Waals surface area (Å²) in [6, 6.07) is 5.97. The van der Waals surface area contributed by atoms with E-state index >= 15 is 0 Å². The third-order valence-corrected chi connectivity index (χ3v) is 4.21. The Bertz CT molecular complexity index is 532. The Morgan fingerprint density at radius 1 is 1.41 bits per heavy atom. The third-order valence-electron chi connectivity index (χ3n) is 4.21. The lowest BCUT2D eigenvalue weighted by atomic mass is 9.97. The number of ether oxygens (including phenoxy) is 1. The van der Waals surface area contributed by atoms with Crippen molar-refractivity contribution >= 4 is 12.0 Å². The van der Waals surface area contributed by atoms with Gasteiger partial charge in [0.1, 0.15) is 5.75 Å². The zero-order chi connectivity index (χ0) is 15.9. The monoisotopic (exact) mass is 302 g/mol. The average Bonchev–Trinajstić information content (AvgIpc) is 2.54. The van der Waals surface area contributed by atoms with Crippen molar-refractivity contribution in [3.63, 3.8) is 0 Å². The zero-order valence-corrected chi connectivity index (χ0v) is 13.8. The Balaban J connectivity index is 1.96. The minimum Gasteiger partial charge on any atom is -0.496 e. The molecule has 4 nitrogen and oxygen atoms in total. The SMILES string of the molecule is CNCC1CCN(C(=O)C=Cc2cc(C)ccc2OC)CC1. The number of nitrogens with one attached hydrogen (secondary N) is 1. The highest BCUT2D eigenvalue weighted by Crippen LogP contribution is 2.21. The second-order valence-corrected chi connectivity index (χ2v) is 5.91. The van der Waals surface area contributed by atoms with Crippen LogP contribution in [0.25, 0.3) is 6.08 Å². The molecule has 4 heteroatoms. The molecule has 1 heterocycles. The van der Waals surface area contributed by atoms with E-state index in [1.54, 1.807) is 13.2 Å². The molecular formula is C18H26N2O2. The number of hydrogen-bond acceptors (Lipinski definition) is 3. The smallest absolute Gasteiger partial charge is 0.246 e. The van der Waals surface area contributed by atoms with E-state index in [-0.39, 0.29) is 5.91 Å². The Morgan fingerprint density at radius 2 is 2.14 bits per heavy atom. The second-order valence-electron chi connectivity index (χ2n) is 5.91. The molecule has 1 aliphatic heterocycles. The molecule has 0 spiro atoms. The lowest BCUT2D eigenvalue weighted by molar-refractivity contribution is -0.127. The van der Waals surface area contributed by atoms with E-state index in [4.69, 9.17) is 4.74 Å². The van der Waals surface area contributed by atoms with Crippen molar-refractivity contribution in [2.45, 2.75) is 19.8 Å². The first-order chi connectivity index (χ1) is 10.6. The summed E-state index contributed by atoms with van der Waals surface area (Å²) in [6.45, 7) is 4.77. The molecule has 1 aromatic carbocycles. The number of methoxy groups -OCH3 is 1. The van der Waals surface area contributed by atoms with Gasteiger partial charge >= 0.3 is 0 Å². The second kappa shape index (κ2) is 7.99. The molecule has 0 unspecified atom stereocenters. The maximum absolute atomic E-state index is 12.3. The molecule has 22 heavy (non-hydrogen) atoms. The number of piperidine rings is 1. The Kier molecular flexibility index (Phi) is 6.01. The molecule has 0 aliphatic carbocycles. The van der Waals surface area contributed by atoms with Crippen molar-refractivity contribution in [3.8, 4) is 5.75 Å². The first-order valence-corrected chi connectivity index (χ1v) is 7.90. The molecule has 0 bridgehead atoms. The minimum atomic E-state index is 0.0893. The van der Waals surface area contributed by atoms with Crippen LogP contribution in [0.2, 0.25) is 0 Å². The number of benzene rings is 1. The summed E-state index contributed by atoms with van der Waals surface area (Å²) in [6.07, 6.45) is 5.67. The summed E-state index contributed by atoms with van der Waals surface area (Å²) in [7, 11) is 3.63. The van der Waals surface area contributed by atoms with Gasteiger partial charge in [-0.25, -0.2) is 0 Å². The van der Waals surface area contributed by atoms with Crippen molar-refractivity contribution in [1.82, 2.24) is 10.2 Å². The fourth-order valence-corrected chi connectivity index (χ4v) is 2.90. The highest BCUT2D eigenvalue weighted by Gasteiger charge is 2.20. The molecule has 1 aliphatic rings. The lowest BCUT2D eigenvalue weighted by Gasteiger charge is -2.31. The highest BCUT2D eigenvalue weighted by atomic mass is 16.5. The van der Waals surface area contributed by atoms with Crippen LogP contribution in [0.15, 0.2) is 24.3 Å². The van der Waals surface area contributed by atoms with Gasteiger partial charge in [0.25, 0.3) is 0 Å². The van der Waals surface area contributed by atoms with E-state index in [0.29, 0.717) is 5.92 Å². The normalized spacial score (nSPS) is 16.2. The van der Waals surface area contributed by atoms with Crippen LogP contribution in [-0.2, 0) is 4.79 Å². The molecule has 1 N–H and O–H groups in total. The van der Waals surface area contributed by atoms with Crippen LogP contribution in [0.3, 0.4) is 0 Å².